The van der Waals surface area contributed by atoms with Crippen molar-refractivity contribution in [1.29, 1.82) is 1.43 Å². The van der Waals surface area contributed by atoms with Crippen LogP contribution in [0.15, 0.2) is 24.3 Å². The molecule has 0 spiro atoms. The molecule has 1 rings (SSSR count). The molecule has 0 aliphatic heterocycles. The van der Waals surface area contributed by atoms with E-state index in [0.717, 1.165) is 0 Å². The molecular weight excluding hydrogens is 206 g/mol. The van der Waals surface area contributed by atoms with Gasteiger partial charge in [0.25, 0.3) is 1.43 Å². The number of hydrogen-bond acceptors (Lipinski definition) is 4. The molecule has 0 aliphatic carbocycles. The molecule has 0 amide bonds. The molecule has 1 aromatic rings. The fraction of sp³-hybridized carbons (Fsp3) is 0.222. The van der Waals surface area contributed by atoms with Gasteiger partial charge in [0.2, 0.25) is 0 Å². The van der Waals surface area contributed by atoms with Crippen molar-refractivity contribution in [3.8, 4) is 5.75 Å². The SMILES string of the molecule is Cl.[2H]Oc1ccc(C(N)C(=O)OC)cc1. The first-order chi connectivity index (χ1) is 6.69. The molecule has 0 bridgehead atoms. The number of phenolic OH excluding ortho intramolecular Hbond substituents is 1. The van der Waals surface area contributed by atoms with Crippen molar-refractivity contribution >= 4 is 18.4 Å². The van der Waals surface area contributed by atoms with Gasteiger partial charge in [-0.2, -0.15) is 0 Å². The van der Waals surface area contributed by atoms with Crippen LogP contribution in [0.1, 0.15) is 11.6 Å². The fourth-order valence-electron chi connectivity index (χ4n) is 0.938. The molecule has 3 N–H and O–H groups in total. The van der Waals surface area contributed by atoms with Crippen molar-refractivity contribution < 1.29 is 14.6 Å². The van der Waals surface area contributed by atoms with E-state index in [9.17, 15) is 4.79 Å². The summed E-state index contributed by atoms with van der Waals surface area (Å²) in [5.41, 5.74) is 6.20. The third-order valence-electron chi connectivity index (χ3n) is 1.69. The number of esters is 1. The predicted octanol–water partition coefficient (Wildman–Crippen LogP) is 0.987. The summed E-state index contributed by atoms with van der Waals surface area (Å²) in [5, 5.41) is 4.23. The molecule has 0 aromatic heterocycles. The van der Waals surface area contributed by atoms with Crippen molar-refractivity contribution in [3.05, 3.63) is 29.8 Å². The normalized spacial score (nSPS) is 12.0. The lowest BCUT2D eigenvalue weighted by Crippen LogP contribution is -2.22. The first-order valence-corrected chi connectivity index (χ1v) is 3.75. The van der Waals surface area contributed by atoms with Crippen LogP contribution in [0.25, 0.3) is 0 Å². The van der Waals surface area contributed by atoms with Crippen LogP contribution < -0.4 is 5.73 Å². The molecule has 1 atom stereocenters. The van der Waals surface area contributed by atoms with Crippen LogP contribution >= 0.6 is 12.4 Å². The van der Waals surface area contributed by atoms with E-state index in [4.69, 9.17) is 7.16 Å². The maximum absolute atomic E-state index is 11.1. The molecule has 0 heterocycles. The summed E-state index contributed by atoms with van der Waals surface area (Å²) >= 11 is 0. The summed E-state index contributed by atoms with van der Waals surface area (Å²) in [4.78, 5) is 11.1. The van der Waals surface area contributed by atoms with Crippen LogP contribution in [0.5, 0.6) is 5.75 Å². The Balaban J connectivity index is 0.00000196. The first-order valence-electron chi connectivity index (χ1n) is 4.16. The van der Waals surface area contributed by atoms with Crippen LogP contribution in [-0.4, -0.2) is 19.6 Å². The molecule has 0 aliphatic rings. The standard InChI is InChI=1S/C9H11NO3.ClH/c1-13-9(12)8(10)6-2-4-7(11)5-3-6;/h2-5,8,11H,10H2,1H3;1H/i/hD. The van der Waals surface area contributed by atoms with Gasteiger partial charge < -0.3 is 15.6 Å². The highest BCUT2D eigenvalue weighted by Crippen LogP contribution is 2.15. The Morgan fingerprint density at radius 3 is 2.57 bits per heavy atom. The zero-order valence-corrected chi connectivity index (χ0v) is 8.41. The van der Waals surface area contributed by atoms with Gasteiger partial charge in [-0.25, -0.2) is 0 Å². The van der Waals surface area contributed by atoms with Crippen LogP contribution in [0.2, 0.25) is 0 Å². The van der Waals surface area contributed by atoms with Gasteiger partial charge in [0.15, 0.2) is 0 Å². The lowest BCUT2D eigenvalue weighted by Gasteiger charge is -2.08. The first kappa shape index (κ1) is 10.8. The number of methoxy groups -OCH3 is 1. The van der Waals surface area contributed by atoms with Crippen molar-refractivity contribution in [3.63, 3.8) is 0 Å². The molecule has 1 unspecified atom stereocenters. The van der Waals surface area contributed by atoms with Crippen molar-refractivity contribution in [1.82, 2.24) is 0 Å². The summed E-state index contributed by atoms with van der Waals surface area (Å²) in [6.45, 7) is 0. The van der Waals surface area contributed by atoms with Gasteiger partial charge >= 0.3 is 5.97 Å². The summed E-state index contributed by atoms with van der Waals surface area (Å²) < 4.78 is 11.1. The summed E-state index contributed by atoms with van der Waals surface area (Å²) in [6.07, 6.45) is 0. The van der Waals surface area contributed by atoms with E-state index in [-0.39, 0.29) is 12.4 Å². The Morgan fingerprint density at radius 1 is 1.57 bits per heavy atom. The van der Waals surface area contributed by atoms with Gasteiger partial charge in [0, 0.05) is 0 Å². The number of halogens is 1. The highest BCUT2D eigenvalue weighted by atomic mass is 35.5. The van der Waals surface area contributed by atoms with Gasteiger partial charge in [-0.3, -0.25) is 4.79 Å². The van der Waals surface area contributed by atoms with E-state index in [1.54, 1.807) is 24.3 Å². The van der Waals surface area contributed by atoms with E-state index in [1.807, 2.05) is 0 Å². The Labute approximate surface area is 89.6 Å². The number of ether oxygens (including phenoxy) is 1. The average Bonchev–Trinajstić information content (AvgIpc) is 2.27. The number of carbonyl (C=O) groups is 1. The number of phenols is 1. The molecular formula is C9H12ClNO3. The van der Waals surface area contributed by atoms with Gasteiger partial charge in [-0.15, -0.1) is 12.4 Å². The summed E-state index contributed by atoms with van der Waals surface area (Å²) in [7, 11) is 1.28. The largest absolute Gasteiger partial charge is 0.508 e. The fourth-order valence-corrected chi connectivity index (χ4v) is 0.938. The lowest BCUT2D eigenvalue weighted by molar-refractivity contribution is -0.142. The minimum Gasteiger partial charge on any atom is -0.508 e. The monoisotopic (exact) mass is 218 g/mol. The Kier molecular flexibility index (Phi) is 4.22. The Hall–Kier alpha value is -1.26. The number of benzene rings is 1. The van der Waals surface area contributed by atoms with Crippen LogP contribution in [-0.2, 0) is 9.53 Å². The number of carbonyl (C=O) groups excluding carboxylic acids is 1. The minimum atomic E-state index is -0.792. The zero-order valence-electron chi connectivity index (χ0n) is 8.60. The molecule has 0 saturated carbocycles. The third-order valence-corrected chi connectivity index (χ3v) is 1.69. The van der Waals surface area contributed by atoms with Gasteiger partial charge in [-0.1, -0.05) is 12.1 Å². The van der Waals surface area contributed by atoms with E-state index in [0.29, 0.717) is 11.3 Å². The molecule has 14 heavy (non-hydrogen) atoms. The Bertz CT molecular complexity index is 318. The van der Waals surface area contributed by atoms with Crippen LogP contribution in [0.4, 0.5) is 0 Å². The predicted molar refractivity (Wildman–Crippen MR) is 54.3 cm³/mol. The summed E-state index contributed by atoms with van der Waals surface area (Å²) in [5.74, 6) is -0.102. The van der Waals surface area contributed by atoms with Crippen LogP contribution in [0, 0.1) is 0 Å². The molecule has 0 saturated heterocycles. The maximum Gasteiger partial charge on any atom is 0.327 e. The van der Waals surface area contributed by atoms with E-state index in [2.05, 4.69) is 9.85 Å². The minimum absolute atomic E-state index is 0. The quantitative estimate of drug-likeness (QED) is 0.742. The van der Waals surface area contributed by atoms with E-state index < -0.39 is 12.0 Å². The number of aromatic hydroxyl groups is 1. The Morgan fingerprint density at radius 2 is 2.14 bits per heavy atom. The molecule has 78 valence electrons. The number of nitrogens with two attached hydrogens (primary N) is 1. The molecule has 0 radical (unpaired) electrons. The van der Waals surface area contributed by atoms with Crippen molar-refractivity contribution in [2.45, 2.75) is 6.04 Å². The average molecular weight is 219 g/mol. The highest BCUT2D eigenvalue weighted by Gasteiger charge is 2.15. The number of rotatable bonds is 3. The van der Waals surface area contributed by atoms with Crippen molar-refractivity contribution in [2.75, 3.05) is 7.11 Å². The van der Waals surface area contributed by atoms with E-state index in [1.165, 1.54) is 7.11 Å². The van der Waals surface area contributed by atoms with Gasteiger partial charge in [0.05, 0.1) is 7.11 Å². The van der Waals surface area contributed by atoms with Crippen LogP contribution in [0.3, 0.4) is 0 Å². The molecule has 5 heteroatoms. The lowest BCUT2D eigenvalue weighted by atomic mass is 10.1. The topological polar surface area (TPSA) is 72.5 Å². The smallest absolute Gasteiger partial charge is 0.327 e. The highest BCUT2D eigenvalue weighted by molar-refractivity contribution is 5.85. The van der Waals surface area contributed by atoms with Gasteiger partial charge in [-0.05, 0) is 17.7 Å². The summed E-state index contributed by atoms with van der Waals surface area (Å²) in [6, 6.07) is 5.56. The zero-order chi connectivity index (χ0) is 10.6. The second-order valence-corrected chi connectivity index (χ2v) is 2.57. The van der Waals surface area contributed by atoms with E-state index >= 15 is 0 Å². The molecule has 0 fully saturated rings. The molecule has 1 aromatic carbocycles. The number of hydrogen-bond donors (Lipinski definition) is 2. The maximum atomic E-state index is 11.1. The van der Waals surface area contributed by atoms with Crippen molar-refractivity contribution in [2.24, 2.45) is 5.73 Å². The second-order valence-electron chi connectivity index (χ2n) is 2.57. The third kappa shape index (κ3) is 2.90. The second kappa shape index (κ2) is 5.47. The van der Waals surface area contributed by atoms with Gasteiger partial charge in [0.1, 0.15) is 11.8 Å². The molecule has 4 nitrogen and oxygen atoms in total.